The van der Waals surface area contributed by atoms with Gasteiger partial charge in [-0.1, -0.05) is 23.8 Å². The maximum absolute atomic E-state index is 6.11. The van der Waals surface area contributed by atoms with Crippen molar-refractivity contribution in [1.82, 2.24) is 4.98 Å². The molecule has 0 spiro atoms. The van der Waals surface area contributed by atoms with Crippen molar-refractivity contribution in [1.29, 1.82) is 0 Å². The summed E-state index contributed by atoms with van der Waals surface area (Å²) in [5.41, 5.74) is 9.02. The Kier molecular flexibility index (Phi) is 2.93. The topological polar surface area (TPSA) is 54.5 Å². The van der Waals surface area contributed by atoms with Gasteiger partial charge in [0.25, 0.3) is 0 Å². The number of aliphatic imine (C=N–C) groups is 1. The minimum Gasteiger partial charge on any atom is -0.369 e. The Morgan fingerprint density at radius 1 is 1.15 bits per heavy atom. The van der Waals surface area contributed by atoms with Gasteiger partial charge in [0.2, 0.25) is 0 Å². The van der Waals surface area contributed by atoms with Gasteiger partial charge in [-0.25, -0.2) is 0 Å². The fraction of sp³-hybridized carbons (Fsp3) is 0.250. The molecule has 2 heterocycles. The third-order valence-corrected chi connectivity index (χ3v) is 3.78. The van der Waals surface area contributed by atoms with Gasteiger partial charge in [-0.15, -0.1) is 0 Å². The lowest BCUT2D eigenvalue weighted by Crippen LogP contribution is -2.48. The minimum atomic E-state index is -0.333. The number of aryl methyl sites for hydroxylation is 1. The highest BCUT2D eigenvalue weighted by molar-refractivity contribution is 5.98. The Morgan fingerprint density at radius 2 is 1.90 bits per heavy atom. The standard InChI is InChI=1S/C16H18N4/c1-12-6-8-13(9-7-12)20-15(17)19-11-16(20,2)14-5-3-4-10-18-14/h3-10H,11H2,1-2H3,(H2,17,19). The number of nitrogens with zero attached hydrogens (tertiary/aromatic N) is 3. The number of aromatic nitrogens is 1. The summed E-state index contributed by atoms with van der Waals surface area (Å²) in [7, 11) is 0. The molecule has 4 heteroatoms. The van der Waals surface area contributed by atoms with Crippen molar-refractivity contribution in [2.75, 3.05) is 11.4 Å². The van der Waals surface area contributed by atoms with Crippen molar-refractivity contribution in [3.63, 3.8) is 0 Å². The molecular formula is C16H18N4. The van der Waals surface area contributed by atoms with E-state index >= 15 is 0 Å². The predicted molar refractivity (Wildman–Crippen MR) is 81.7 cm³/mol. The summed E-state index contributed by atoms with van der Waals surface area (Å²) in [4.78, 5) is 11.0. The van der Waals surface area contributed by atoms with Gasteiger partial charge in [-0.3, -0.25) is 14.9 Å². The van der Waals surface area contributed by atoms with Crippen molar-refractivity contribution >= 4 is 11.6 Å². The molecule has 1 aromatic heterocycles. The predicted octanol–water partition coefficient (Wildman–Crippen LogP) is 2.44. The largest absolute Gasteiger partial charge is 0.369 e. The van der Waals surface area contributed by atoms with E-state index in [9.17, 15) is 0 Å². The highest BCUT2D eigenvalue weighted by atomic mass is 15.4. The molecule has 2 N–H and O–H groups in total. The first kappa shape index (κ1) is 12.7. The second kappa shape index (κ2) is 4.63. The van der Waals surface area contributed by atoms with Crippen LogP contribution in [0, 0.1) is 6.92 Å². The van der Waals surface area contributed by atoms with Gasteiger partial charge >= 0.3 is 0 Å². The fourth-order valence-electron chi connectivity index (χ4n) is 2.62. The molecule has 20 heavy (non-hydrogen) atoms. The summed E-state index contributed by atoms with van der Waals surface area (Å²) in [5.74, 6) is 0.544. The van der Waals surface area contributed by atoms with E-state index in [0.717, 1.165) is 11.4 Å². The highest BCUT2D eigenvalue weighted by Crippen LogP contribution is 2.35. The Hall–Kier alpha value is -2.36. The normalized spacial score (nSPS) is 21.9. The number of anilines is 1. The third-order valence-electron chi connectivity index (χ3n) is 3.78. The average Bonchev–Trinajstić information content (AvgIpc) is 2.78. The zero-order chi connectivity index (χ0) is 14.2. The van der Waals surface area contributed by atoms with Crippen LogP contribution in [0.15, 0.2) is 53.7 Å². The van der Waals surface area contributed by atoms with Crippen LogP contribution >= 0.6 is 0 Å². The molecule has 102 valence electrons. The van der Waals surface area contributed by atoms with Crippen LogP contribution in [0.5, 0.6) is 0 Å². The number of hydrogen-bond acceptors (Lipinski definition) is 4. The van der Waals surface area contributed by atoms with Gasteiger partial charge in [0.05, 0.1) is 12.2 Å². The molecule has 1 aliphatic rings. The molecule has 0 saturated heterocycles. The van der Waals surface area contributed by atoms with Crippen LogP contribution in [0.4, 0.5) is 5.69 Å². The molecule has 0 fully saturated rings. The van der Waals surface area contributed by atoms with Crippen molar-refractivity contribution in [3.05, 3.63) is 59.9 Å². The molecule has 0 amide bonds. The highest BCUT2D eigenvalue weighted by Gasteiger charge is 2.41. The van der Waals surface area contributed by atoms with Crippen LogP contribution in [0.2, 0.25) is 0 Å². The van der Waals surface area contributed by atoms with E-state index in [1.165, 1.54) is 5.56 Å². The smallest absolute Gasteiger partial charge is 0.196 e. The molecule has 0 bridgehead atoms. The molecule has 1 atom stereocenters. The van der Waals surface area contributed by atoms with E-state index < -0.39 is 0 Å². The summed E-state index contributed by atoms with van der Waals surface area (Å²) in [6.07, 6.45) is 1.81. The lowest BCUT2D eigenvalue weighted by Gasteiger charge is -2.35. The van der Waals surface area contributed by atoms with Gasteiger partial charge in [0.1, 0.15) is 5.54 Å². The van der Waals surface area contributed by atoms with Crippen LogP contribution in [0.1, 0.15) is 18.2 Å². The second-order valence-electron chi connectivity index (χ2n) is 5.33. The number of nitrogens with two attached hydrogens (primary N) is 1. The van der Waals surface area contributed by atoms with E-state index in [1.807, 2.05) is 24.4 Å². The third kappa shape index (κ3) is 1.93. The summed E-state index contributed by atoms with van der Waals surface area (Å²) in [5, 5.41) is 0. The number of guanidine groups is 1. The lowest BCUT2D eigenvalue weighted by molar-refractivity contribution is 0.516. The summed E-state index contributed by atoms with van der Waals surface area (Å²) < 4.78 is 0. The summed E-state index contributed by atoms with van der Waals surface area (Å²) in [6, 6.07) is 14.3. The Morgan fingerprint density at radius 3 is 2.55 bits per heavy atom. The molecule has 1 unspecified atom stereocenters. The molecule has 0 aliphatic carbocycles. The first-order chi connectivity index (χ1) is 9.61. The van der Waals surface area contributed by atoms with Crippen LogP contribution in [0.3, 0.4) is 0 Å². The number of benzene rings is 1. The molecule has 0 radical (unpaired) electrons. The SMILES string of the molecule is Cc1ccc(N2C(N)=NCC2(C)c2ccccn2)cc1. The van der Waals surface area contributed by atoms with Gasteiger partial charge in [-0.2, -0.15) is 0 Å². The second-order valence-corrected chi connectivity index (χ2v) is 5.33. The monoisotopic (exact) mass is 266 g/mol. The molecular weight excluding hydrogens is 248 g/mol. The van der Waals surface area contributed by atoms with Crippen LogP contribution < -0.4 is 10.6 Å². The quantitative estimate of drug-likeness (QED) is 0.908. The van der Waals surface area contributed by atoms with Gasteiger partial charge in [-0.05, 0) is 38.1 Å². The van der Waals surface area contributed by atoms with E-state index in [-0.39, 0.29) is 5.54 Å². The molecule has 3 rings (SSSR count). The molecule has 4 nitrogen and oxygen atoms in total. The number of rotatable bonds is 2. The summed E-state index contributed by atoms with van der Waals surface area (Å²) in [6.45, 7) is 4.81. The minimum absolute atomic E-state index is 0.333. The van der Waals surface area contributed by atoms with E-state index in [4.69, 9.17) is 5.73 Å². The Bertz CT molecular complexity index is 633. The Labute approximate surface area is 119 Å². The zero-order valence-electron chi connectivity index (χ0n) is 11.7. The van der Waals surface area contributed by atoms with Gasteiger partial charge in [0, 0.05) is 11.9 Å². The molecule has 1 aromatic carbocycles. The van der Waals surface area contributed by atoms with E-state index in [2.05, 4.69) is 53.0 Å². The van der Waals surface area contributed by atoms with E-state index in [1.54, 1.807) is 0 Å². The maximum atomic E-state index is 6.11. The van der Waals surface area contributed by atoms with Crippen molar-refractivity contribution in [3.8, 4) is 0 Å². The average molecular weight is 266 g/mol. The molecule has 0 saturated carbocycles. The molecule has 1 aliphatic heterocycles. The fourth-order valence-corrected chi connectivity index (χ4v) is 2.62. The zero-order valence-corrected chi connectivity index (χ0v) is 11.7. The first-order valence-corrected chi connectivity index (χ1v) is 6.69. The lowest BCUT2D eigenvalue weighted by atomic mass is 9.95. The number of hydrogen-bond donors (Lipinski definition) is 1. The first-order valence-electron chi connectivity index (χ1n) is 6.69. The van der Waals surface area contributed by atoms with Crippen molar-refractivity contribution in [2.24, 2.45) is 10.7 Å². The Balaban J connectivity index is 2.06. The van der Waals surface area contributed by atoms with Gasteiger partial charge in [0.15, 0.2) is 5.96 Å². The van der Waals surface area contributed by atoms with Gasteiger partial charge < -0.3 is 5.73 Å². The number of pyridine rings is 1. The van der Waals surface area contributed by atoms with Crippen LogP contribution in [-0.2, 0) is 5.54 Å². The summed E-state index contributed by atoms with van der Waals surface area (Å²) >= 11 is 0. The van der Waals surface area contributed by atoms with Crippen molar-refractivity contribution < 1.29 is 0 Å². The van der Waals surface area contributed by atoms with Crippen LogP contribution in [0.25, 0.3) is 0 Å². The molecule has 2 aromatic rings. The maximum Gasteiger partial charge on any atom is 0.196 e. The van der Waals surface area contributed by atoms with E-state index in [0.29, 0.717) is 12.5 Å². The van der Waals surface area contributed by atoms with Crippen LogP contribution in [-0.4, -0.2) is 17.5 Å². The van der Waals surface area contributed by atoms with Crippen molar-refractivity contribution in [2.45, 2.75) is 19.4 Å².